The van der Waals surface area contributed by atoms with Crippen molar-refractivity contribution >= 4 is 12.4 Å². The first-order chi connectivity index (χ1) is 5.95. The summed E-state index contributed by atoms with van der Waals surface area (Å²) in [5, 5.41) is 10.6. The average molecular weight is 229 g/mol. The van der Waals surface area contributed by atoms with Gasteiger partial charge in [-0.2, -0.15) is 17.9 Å². The van der Waals surface area contributed by atoms with Gasteiger partial charge in [0, 0.05) is 18.2 Å². The first-order valence-electron chi connectivity index (χ1n) is 3.44. The molecule has 0 aliphatic carbocycles. The molecular weight excluding hydrogens is 221 g/mol. The molecule has 1 aromatic heterocycles. The van der Waals surface area contributed by atoms with Crippen molar-refractivity contribution in [3.05, 3.63) is 34.8 Å². The van der Waals surface area contributed by atoms with E-state index in [1.54, 1.807) is 0 Å². The molecule has 0 amide bonds. The Morgan fingerprint density at radius 3 is 2.43 bits per heavy atom. The molecule has 0 aromatic carbocycles. The SMILES string of the molecule is Cl.NCc1c[n+]([O-])ccc1C(F)(F)F. The molecule has 1 rings (SSSR count). The van der Waals surface area contributed by atoms with Crippen LogP contribution in [-0.4, -0.2) is 0 Å². The lowest BCUT2D eigenvalue weighted by Gasteiger charge is -2.09. The molecule has 0 fully saturated rings. The molecule has 7 heteroatoms. The third kappa shape index (κ3) is 2.74. The largest absolute Gasteiger partial charge is 0.619 e. The van der Waals surface area contributed by atoms with E-state index in [1.807, 2.05) is 0 Å². The van der Waals surface area contributed by atoms with Crippen LogP contribution < -0.4 is 10.5 Å². The van der Waals surface area contributed by atoms with E-state index in [0.717, 1.165) is 18.5 Å². The van der Waals surface area contributed by atoms with Crippen molar-refractivity contribution in [2.45, 2.75) is 12.7 Å². The zero-order valence-electron chi connectivity index (χ0n) is 6.91. The number of rotatable bonds is 1. The van der Waals surface area contributed by atoms with Gasteiger partial charge in [0.2, 0.25) is 0 Å². The maximum Gasteiger partial charge on any atom is 0.417 e. The van der Waals surface area contributed by atoms with Crippen LogP contribution in [0.1, 0.15) is 11.1 Å². The molecule has 0 bridgehead atoms. The minimum Gasteiger partial charge on any atom is -0.619 e. The van der Waals surface area contributed by atoms with Crippen LogP contribution in [0.15, 0.2) is 18.5 Å². The first-order valence-corrected chi connectivity index (χ1v) is 3.44. The second-order valence-corrected chi connectivity index (χ2v) is 2.45. The van der Waals surface area contributed by atoms with Crippen molar-refractivity contribution in [1.82, 2.24) is 0 Å². The Morgan fingerprint density at radius 2 is 2.00 bits per heavy atom. The second-order valence-electron chi connectivity index (χ2n) is 2.45. The van der Waals surface area contributed by atoms with Gasteiger partial charge in [-0.3, -0.25) is 0 Å². The highest BCUT2D eigenvalue weighted by Gasteiger charge is 2.34. The Bertz CT molecular complexity index is 316. The van der Waals surface area contributed by atoms with E-state index in [4.69, 9.17) is 5.73 Å². The van der Waals surface area contributed by atoms with Crippen molar-refractivity contribution in [2.24, 2.45) is 5.73 Å². The number of aromatic nitrogens is 1. The van der Waals surface area contributed by atoms with Crippen LogP contribution in [0.2, 0.25) is 0 Å². The van der Waals surface area contributed by atoms with Gasteiger partial charge in [-0.1, -0.05) is 0 Å². The highest BCUT2D eigenvalue weighted by Crippen LogP contribution is 2.30. The lowest BCUT2D eigenvalue weighted by Crippen LogP contribution is -2.28. The van der Waals surface area contributed by atoms with Gasteiger partial charge in [-0.15, -0.1) is 12.4 Å². The van der Waals surface area contributed by atoms with E-state index in [1.165, 1.54) is 0 Å². The summed E-state index contributed by atoms with van der Waals surface area (Å²) in [7, 11) is 0. The fourth-order valence-electron chi connectivity index (χ4n) is 0.960. The number of hydrogen-bond acceptors (Lipinski definition) is 2. The third-order valence-electron chi connectivity index (χ3n) is 1.54. The number of nitrogens with two attached hydrogens (primary N) is 1. The molecule has 0 spiro atoms. The van der Waals surface area contributed by atoms with Crippen LogP contribution in [0.25, 0.3) is 0 Å². The number of pyridine rings is 1. The van der Waals surface area contributed by atoms with E-state index >= 15 is 0 Å². The van der Waals surface area contributed by atoms with Crippen LogP contribution >= 0.6 is 12.4 Å². The predicted octanol–water partition coefficient (Wildman–Crippen LogP) is 1.22. The summed E-state index contributed by atoms with van der Waals surface area (Å²) in [6.07, 6.45) is -2.84. The Labute approximate surface area is 84.3 Å². The molecule has 14 heavy (non-hydrogen) atoms. The van der Waals surface area contributed by atoms with Gasteiger partial charge in [0.1, 0.15) is 0 Å². The highest BCUT2D eigenvalue weighted by atomic mass is 35.5. The van der Waals surface area contributed by atoms with Crippen molar-refractivity contribution < 1.29 is 17.9 Å². The van der Waals surface area contributed by atoms with Gasteiger partial charge in [-0.05, 0) is 0 Å². The Hall–Kier alpha value is -1.01. The molecule has 80 valence electrons. The van der Waals surface area contributed by atoms with Gasteiger partial charge in [0.25, 0.3) is 0 Å². The zero-order valence-corrected chi connectivity index (χ0v) is 7.73. The average Bonchev–Trinajstić information content (AvgIpc) is 2.01. The first kappa shape index (κ1) is 13.0. The summed E-state index contributed by atoms with van der Waals surface area (Å²) in [5.74, 6) is 0. The molecule has 0 unspecified atom stereocenters. The van der Waals surface area contributed by atoms with Crippen LogP contribution in [0, 0.1) is 5.21 Å². The van der Waals surface area contributed by atoms with E-state index in [-0.39, 0.29) is 29.2 Å². The van der Waals surface area contributed by atoms with Crippen LogP contribution in [0.3, 0.4) is 0 Å². The van der Waals surface area contributed by atoms with Crippen molar-refractivity contribution in [2.75, 3.05) is 0 Å². The molecule has 1 heterocycles. The number of alkyl halides is 3. The maximum absolute atomic E-state index is 12.2. The van der Waals surface area contributed by atoms with Crippen molar-refractivity contribution in [1.29, 1.82) is 0 Å². The summed E-state index contributed by atoms with van der Waals surface area (Å²) in [5.41, 5.74) is 4.00. The summed E-state index contributed by atoms with van der Waals surface area (Å²) in [6, 6.07) is 0.717. The lowest BCUT2D eigenvalue weighted by atomic mass is 10.1. The van der Waals surface area contributed by atoms with Crippen LogP contribution in [-0.2, 0) is 12.7 Å². The number of nitrogens with zero attached hydrogens (tertiary/aromatic N) is 1. The fraction of sp³-hybridized carbons (Fsp3) is 0.286. The van der Waals surface area contributed by atoms with Crippen LogP contribution in [0.4, 0.5) is 13.2 Å². The van der Waals surface area contributed by atoms with E-state index in [0.29, 0.717) is 0 Å². The fourth-order valence-corrected chi connectivity index (χ4v) is 0.960. The monoisotopic (exact) mass is 228 g/mol. The third-order valence-corrected chi connectivity index (χ3v) is 1.54. The summed E-state index contributed by atoms with van der Waals surface area (Å²) in [4.78, 5) is 0. The smallest absolute Gasteiger partial charge is 0.417 e. The highest BCUT2D eigenvalue weighted by molar-refractivity contribution is 5.85. The minimum atomic E-state index is -4.46. The van der Waals surface area contributed by atoms with Crippen molar-refractivity contribution in [3.8, 4) is 0 Å². The Kier molecular flexibility index (Phi) is 4.15. The molecule has 0 radical (unpaired) electrons. The van der Waals surface area contributed by atoms with Gasteiger partial charge >= 0.3 is 6.18 Å². The maximum atomic E-state index is 12.2. The Balaban J connectivity index is 0.00000169. The summed E-state index contributed by atoms with van der Waals surface area (Å²) >= 11 is 0. The lowest BCUT2D eigenvalue weighted by molar-refractivity contribution is -0.606. The Morgan fingerprint density at radius 1 is 1.43 bits per heavy atom. The normalized spacial score (nSPS) is 10.9. The van der Waals surface area contributed by atoms with Gasteiger partial charge in [0.05, 0.1) is 5.56 Å². The van der Waals surface area contributed by atoms with Gasteiger partial charge < -0.3 is 10.9 Å². The van der Waals surface area contributed by atoms with Crippen LogP contribution in [0.5, 0.6) is 0 Å². The molecular formula is C7H8ClF3N2O. The molecule has 0 atom stereocenters. The summed E-state index contributed by atoms with van der Waals surface area (Å²) in [6.45, 7) is -0.308. The molecule has 0 saturated carbocycles. The molecule has 1 aromatic rings. The number of halogens is 4. The molecule has 0 aliphatic rings. The standard InChI is InChI=1S/C7H7F3N2O.ClH/c8-7(9,10)6-1-2-12(13)4-5(6)3-11;/h1-2,4H,3,11H2;1H. The van der Waals surface area contributed by atoms with Gasteiger partial charge in [-0.25, -0.2) is 0 Å². The second kappa shape index (κ2) is 4.47. The minimum absolute atomic E-state index is 0. The van der Waals surface area contributed by atoms with Gasteiger partial charge in [0.15, 0.2) is 12.4 Å². The predicted molar refractivity (Wildman–Crippen MR) is 45.5 cm³/mol. The number of hydrogen-bond donors (Lipinski definition) is 1. The quantitative estimate of drug-likeness (QED) is 0.580. The zero-order chi connectivity index (χ0) is 10.1. The van der Waals surface area contributed by atoms with E-state index in [2.05, 4.69) is 0 Å². The van der Waals surface area contributed by atoms with Crippen molar-refractivity contribution in [3.63, 3.8) is 0 Å². The topological polar surface area (TPSA) is 53.0 Å². The molecule has 3 nitrogen and oxygen atoms in total. The summed E-state index contributed by atoms with van der Waals surface area (Å²) < 4.78 is 36.9. The van der Waals surface area contributed by atoms with E-state index in [9.17, 15) is 18.4 Å². The molecule has 0 aliphatic heterocycles. The molecule has 0 saturated heterocycles. The molecule has 2 N–H and O–H groups in total. The van der Waals surface area contributed by atoms with E-state index < -0.39 is 11.7 Å².